The fourth-order valence-electron chi connectivity index (χ4n) is 1.75. The molecule has 0 aromatic heterocycles. The highest BCUT2D eigenvalue weighted by molar-refractivity contribution is 5.87. The lowest BCUT2D eigenvalue weighted by molar-refractivity contribution is -0.127. The molecule has 0 aliphatic rings. The average Bonchev–Trinajstić information content (AvgIpc) is 2.50. The molecule has 0 saturated carbocycles. The molecule has 1 aromatic rings. The fraction of sp³-hybridized carbons (Fsp3) is 0.438. The summed E-state index contributed by atoms with van der Waals surface area (Å²) in [6.45, 7) is 5.12. The number of rotatable bonds is 8. The second-order valence-corrected chi connectivity index (χ2v) is 5.23. The van der Waals surface area contributed by atoms with Gasteiger partial charge in [0.05, 0.1) is 19.1 Å². The summed E-state index contributed by atoms with van der Waals surface area (Å²) in [4.78, 5) is 33.7. The number of hydrogen-bond donors (Lipinski definition) is 3. The van der Waals surface area contributed by atoms with Crippen molar-refractivity contribution in [2.45, 2.75) is 26.8 Å². The predicted molar refractivity (Wildman–Crippen MR) is 86.0 cm³/mol. The third-order valence-electron chi connectivity index (χ3n) is 2.93. The standard InChI is InChI=1S/C16H23N3O4/c1-11-6-4-5-7-14(11)23-10-12(2)19-16(22)9-18-15(21)8-17-13(3)20/h4-7,12H,8-10H2,1-3H3,(H,17,20)(H,18,21)(H,19,22)/t12-/m1/s1. The molecule has 1 rings (SSSR count). The molecule has 0 heterocycles. The highest BCUT2D eigenvalue weighted by Gasteiger charge is 2.10. The van der Waals surface area contributed by atoms with Gasteiger partial charge in [0.2, 0.25) is 17.7 Å². The quantitative estimate of drug-likeness (QED) is 0.634. The zero-order valence-electron chi connectivity index (χ0n) is 13.6. The minimum Gasteiger partial charge on any atom is -0.491 e. The number of amides is 3. The van der Waals surface area contributed by atoms with Gasteiger partial charge in [0.15, 0.2) is 0 Å². The first-order chi connectivity index (χ1) is 10.9. The summed E-state index contributed by atoms with van der Waals surface area (Å²) in [6.07, 6.45) is 0. The van der Waals surface area contributed by atoms with Gasteiger partial charge in [-0.1, -0.05) is 18.2 Å². The molecule has 7 heteroatoms. The van der Waals surface area contributed by atoms with Crippen LogP contribution in [0.2, 0.25) is 0 Å². The molecular weight excluding hydrogens is 298 g/mol. The molecule has 23 heavy (non-hydrogen) atoms. The van der Waals surface area contributed by atoms with Crippen molar-refractivity contribution in [2.24, 2.45) is 0 Å². The number of para-hydroxylation sites is 1. The van der Waals surface area contributed by atoms with Gasteiger partial charge in [-0.05, 0) is 25.5 Å². The van der Waals surface area contributed by atoms with Gasteiger partial charge in [-0.25, -0.2) is 0 Å². The lowest BCUT2D eigenvalue weighted by Gasteiger charge is -2.16. The molecule has 0 aliphatic heterocycles. The van der Waals surface area contributed by atoms with Crippen LogP contribution in [0.1, 0.15) is 19.4 Å². The first kappa shape index (κ1) is 18.5. The zero-order chi connectivity index (χ0) is 17.2. The molecule has 0 bridgehead atoms. The van der Waals surface area contributed by atoms with Crippen LogP contribution in [-0.4, -0.2) is 43.5 Å². The van der Waals surface area contributed by atoms with E-state index in [-0.39, 0.29) is 30.9 Å². The predicted octanol–water partition coefficient (Wildman–Crippen LogP) is 0.131. The normalized spacial score (nSPS) is 11.3. The Morgan fingerprint density at radius 1 is 1.09 bits per heavy atom. The van der Waals surface area contributed by atoms with Gasteiger partial charge in [-0.3, -0.25) is 14.4 Å². The Bertz CT molecular complexity index is 560. The van der Waals surface area contributed by atoms with Crippen molar-refractivity contribution in [1.82, 2.24) is 16.0 Å². The van der Waals surface area contributed by atoms with E-state index >= 15 is 0 Å². The van der Waals surface area contributed by atoms with E-state index in [1.54, 1.807) is 0 Å². The van der Waals surface area contributed by atoms with Crippen LogP contribution in [0.3, 0.4) is 0 Å². The Kier molecular flexibility index (Phi) is 7.59. The number of aryl methyl sites for hydroxylation is 1. The van der Waals surface area contributed by atoms with Gasteiger partial charge in [0.1, 0.15) is 12.4 Å². The SMILES string of the molecule is CC(=O)NCC(=O)NCC(=O)N[C@H](C)COc1ccccc1C. The van der Waals surface area contributed by atoms with E-state index in [1.807, 2.05) is 38.1 Å². The second kappa shape index (κ2) is 9.45. The molecule has 0 unspecified atom stereocenters. The number of carbonyl (C=O) groups excluding carboxylic acids is 3. The summed E-state index contributed by atoms with van der Waals surface area (Å²) >= 11 is 0. The summed E-state index contributed by atoms with van der Waals surface area (Å²) in [5.41, 5.74) is 1.02. The minimum absolute atomic E-state index is 0.144. The van der Waals surface area contributed by atoms with Crippen LogP contribution in [0.15, 0.2) is 24.3 Å². The van der Waals surface area contributed by atoms with Crippen molar-refractivity contribution in [1.29, 1.82) is 0 Å². The van der Waals surface area contributed by atoms with Gasteiger partial charge in [-0.15, -0.1) is 0 Å². The second-order valence-electron chi connectivity index (χ2n) is 5.23. The van der Waals surface area contributed by atoms with Crippen LogP contribution in [0, 0.1) is 6.92 Å². The molecule has 3 N–H and O–H groups in total. The van der Waals surface area contributed by atoms with Crippen LogP contribution < -0.4 is 20.7 Å². The highest BCUT2D eigenvalue weighted by atomic mass is 16.5. The molecule has 0 aliphatic carbocycles. The monoisotopic (exact) mass is 321 g/mol. The van der Waals surface area contributed by atoms with E-state index in [9.17, 15) is 14.4 Å². The van der Waals surface area contributed by atoms with Crippen molar-refractivity contribution in [3.05, 3.63) is 29.8 Å². The largest absolute Gasteiger partial charge is 0.491 e. The minimum atomic E-state index is -0.417. The lowest BCUT2D eigenvalue weighted by atomic mass is 10.2. The number of benzene rings is 1. The van der Waals surface area contributed by atoms with Crippen LogP contribution in [0.4, 0.5) is 0 Å². The third-order valence-corrected chi connectivity index (χ3v) is 2.93. The smallest absolute Gasteiger partial charge is 0.239 e. The first-order valence-corrected chi connectivity index (χ1v) is 7.37. The van der Waals surface area contributed by atoms with E-state index in [2.05, 4.69) is 16.0 Å². The first-order valence-electron chi connectivity index (χ1n) is 7.37. The number of ether oxygens (including phenoxy) is 1. The summed E-state index contributed by atoms with van der Waals surface area (Å²) in [6, 6.07) is 7.43. The van der Waals surface area contributed by atoms with Gasteiger partial charge in [0.25, 0.3) is 0 Å². The third kappa shape index (κ3) is 7.85. The molecule has 3 amide bonds. The van der Waals surface area contributed by atoms with E-state index in [0.29, 0.717) is 6.61 Å². The summed E-state index contributed by atoms with van der Waals surface area (Å²) in [5, 5.41) is 7.49. The van der Waals surface area contributed by atoms with E-state index in [1.165, 1.54) is 6.92 Å². The molecule has 0 saturated heterocycles. The average molecular weight is 321 g/mol. The van der Waals surface area contributed by atoms with Crippen LogP contribution in [0.5, 0.6) is 5.75 Å². The molecular formula is C16H23N3O4. The number of nitrogens with one attached hydrogen (secondary N) is 3. The highest BCUT2D eigenvalue weighted by Crippen LogP contribution is 2.16. The van der Waals surface area contributed by atoms with Gasteiger partial charge >= 0.3 is 0 Å². The Labute approximate surface area is 135 Å². The zero-order valence-corrected chi connectivity index (χ0v) is 13.6. The van der Waals surface area contributed by atoms with E-state index in [0.717, 1.165) is 11.3 Å². The maximum absolute atomic E-state index is 11.7. The van der Waals surface area contributed by atoms with Crippen molar-refractivity contribution in [3.8, 4) is 5.75 Å². The molecule has 7 nitrogen and oxygen atoms in total. The fourth-order valence-corrected chi connectivity index (χ4v) is 1.75. The number of carbonyl (C=O) groups is 3. The molecule has 0 spiro atoms. The van der Waals surface area contributed by atoms with Gasteiger partial charge < -0.3 is 20.7 Å². The Hall–Kier alpha value is -2.57. The molecule has 1 atom stereocenters. The summed E-state index contributed by atoms with van der Waals surface area (Å²) < 4.78 is 5.64. The van der Waals surface area contributed by atoms with Gasteiger partial charge in [-0.2, -0.15) is 0 Å². The molecule has 0 fully saturated rings. The van der Waals surface area contributed by atoms with Crippen molar-refractivity contribution in [2.75, 3.05) is 19.7 Å². The summed E-state index contributed by atoms with van der Waals surface area (Å²) in [5.74, 6) is -0.259. The van der Waals surface area contributed by atoms with Crippen molar-refractivity contribution >= 4 is 17.7 Å². The maximum Gasteiger partial charge on any atom is 0.239 e. The van der Waals surface area contributed by atoms with E-state index in [4.69, 9.17) is 4.74 Å². The summed E-state index contributed by atoms with van der Waals surface area (Å²) in [7, 11) is 0. The van der Waals surface area contributed by atoms with Crippen LogP contribution >= 0.6 is 0 Å². The molecule has 1 aromatic carbocycles. The van der Waals surface area contributed by atoms with Crippen LogP contribution in [-0.2, 0) is 14.4 Å². The van der Waals surface area contributed by atoms with Gasteiger partial charge in [0, 0.05) is 6.92 Å². The van der Waals surface area contributed by atoms with Crippen LogP contribution in [0.25, 0.3) is 0 Å². The Morgan fingerprint density at radius 3 is 2.39 bits per heavy atom. The van der Waals surface area contributed by atoms with E-state index < -0.39 is 5.91 Å². The van der Waals surface area contributed by atoms with Crippen molar-refractivity contribution < 1.29 is 19.1 Å². The van der Waals surface area contributed by atoms with Crippen molar-refractivity contribution in [3.63, 3.8) is 0 Å². The Balaban J connectivity index is 2.24. The molecule has 0 radical (unpaired) electrons. The Morgan fingerprint density at radius 2 is 1.74 bits per heavy atom. The number of hydrogen-bond acceptors (Lipinski definition) is 4. The lowest BCUT2D eigenvalue weighted by Crippen LogP contribution is -2.45. The topological polar surface area (TPSA) is 96.5 Å². The molecule has 126 valence electrons. The maximum atomic E-state index is 11.7.